The molecule has 0 atom stereocenters. The maximum atomic E-state index is 11.1. The topological polar surface area (TPSA) is 44.1 Å². The first-order valence-electron chi connectivity index (χ1n) is 5.82. The normalized spacial score (nSPS) is 10.8. The summed E-state index contributed by atoms with van der Waals surface area (Å²) in [7, 11) is 0. The molecule has 0 bridgehead atoms. The third kappa shape index (κ3) is 4.04. The first kappa shape index (κ1) is 12.7. The van der Waals surface area contributed by atoms with Crippen molar-refractivity contribution >= 4 is 5.97 Å². The van der Waals surface area contributed by atoms with Gasteiger partial charge in [-0.15, -0.1) is 0 Å². The quantitative estimate of drug-likeness (QED) is 0.697. The second-order valence-electron chi connectivity index (χ2n) is 4.07. The third-order valence-corrected chi connectivity index (χ3v) is 2.33. The van der Waals surface area contributed by atoms with Gasteiger partial charge in [-0.1, -0.05) is 13.8 Å². The molecule has 0 radical (unpaired) electrons. The van der Waals surface area contributed by atoms with E-state index in [1.54, 1.807) is 0 Å². The summed E-state index contributed by atoms with van der Waals surface area (Å²) >= 11 is 0. The van der Waals surface area contributed by atoms with Crippen LogP contribution in [-0.4, -0.2) is 22.4 Å². The van der Waals surface area contributed by atoms with Crippen LogP contribution in [0.5, 0.6) is 0 Å². The highest BCUT2D eigenvalue weighted by molar-refractivity contribution is 5.69. The van der Waals surface area contributed by atoms with E-state index in [0.29, 0.717) is 18.9 Å². The van der Waals surface area contributed by atoms with Gasteiger partial charge in [-0.25, -0.2) is 0 Å². The van der Waals surface area contributed by atoms with Gasteiger partial charge in [0, 0.05) is 19.2 Å². The van der Waals surface area contributed by atoms with Crippen molar-refractivity contribution in [2.45, 2.75) is 46.1 Å². The minimum atomic E-state index is -0.126. The summed E-state index contributed by atoms with van der Waals surface area (Å²) in [6, 6.07) is 2.02. The van der Waals surface area contributed by atoms with Crippen molar-refractivity contribution in [3.8, 4) is 0 Å². The van der Waals surface area contributed by atoms with Crippen LogP contribution in [0.3, 0.4) is 0 Å². The Balaban J connectivity index is 2.29. The van der Waals surface area contributed by atoms with Crippen LogP contribution in [0, 0.1) is 0 Å². The van der Waals surface area contributed by atoms with E-state index < -0.39 is 0 Å². The summed E-state index contributed by atoms with van der Waals surface area (Å²) in [4.78, 5) is 11.1. The van der Waals surface area contributed by atoms with Crippen LogP contribution >= 0.6 is 0 Å². The van der Waals surface area contributed by atoms with Crippen LogP contribution in [0.25, 0.3) is 0 Å². The average molecular weight is 224 g/mol. The molecule has 0 aliphatic carbocycles. The Labute approximate surface area is 96.6 Å². The van der Waals surface area contributed by atoms with Crippen molar-refractivity contribution in [3.63, 3.8) is 0 Å². The Hall–Kier alpha value is -1.32. The van der Waals surface area contributed by atoms with Crippen LogP contribution in [0.2, 0.25) is 0 Å². The molecule has 0 aliphatic heterocycles. The summed E-state index contributed by atoms with van der Waals surface area (Å²) in [5.74, 6) is 0.324. The number of hydrogen-bond donors (Lipinski definition) is 0. The molecular weight excluding hydrogens is 204 g/mol. The zero-order valence-corrected chi connectivity index (χ0v) is 10.3. The molecule has 90 valence electrons. The van der Waals surface area contributed by atoms with Crippen molar-refractivity contribution in [1.82, 2.24) is 9.78 Å². The maximum Gasteiger partial charge on any atom is 0.305 e. The highest BCUT2D eigenvalue weighted by Gasteiger charge is 2.04. The lowest BCUT2D eigenvalue weighted by Crippen LogP contribution is -2.07. The lowest BCUT2D eigenvalue weighted by Gasteiger charge is -2.03. The van der Waals surface area contributed by atoms with Crippen molar-refractivity contribution in [2.75, 3.05) is 6.61 Å². The molecule has 0 aliphatic rings. The van der Waals surface area contributed by atoms with Crippen LogP contribution in [0.4, 0.5) is 0 Å². The van der Waals surface area contributed by atoms with E-state index in [1.165, 1.54) is 0 Å². The molecule has 0 amide bonds. The van der Waals surface area contributed by atoms with Gasteiger partial charge >= 0.3 is 5.97 Å². The molecule has 1 heterocycles. The average Bonchev–Trinajstić information content (AvgIpc) is 2.67. The molecule has 0 fully saturated rings. The summed E-state index contributed by atoms with van der Waals surface area (Å²) in [5, 5.41) is 4.42. The van der Waals surface area contributed by atoms with Gasteiger partial charge in [-0.05, 0) is 25.3 Å². The number of hydrogen-bond acceptors (Lipinski definition) is 3. The predicted octanol–water partition coefficient (Wildman–Crippen LogP) is 2.35. The van der Waals surface area contributed by atoms with Gasteiger partial charge in [0.15, 0.2) is 0 Å². The fourth-order valence-corrected chi connectivity index (χ4v) is 1.43. The molecule has 1 aromatic heterocycles. The van der Waals surface area contributed by atoms with Crippen molar-refractivity contribution in [3.05, 3.63) is 18.0 Å². The number of carbonyl (C=O) groups excluding carboxylic acids is 1. The van der Waals surface area contributed by atoms with Crippen LogP contribution in [-0.2, 0) is 16.1 Å². The fraction of sp³-hybridized carbons (Fsp3) is 0.667. The number of carbonyl (C=O) groups is 1. The molecule has 4 heteroatoms. The van der Waals surface area contributed by atoms with Gasteiger partial charge in [0.1, 0.15) is 0 Å². The predicted molar refractivity (Wildman–Crippen MR) is 62.2 cm³/mol. The van der Waals surface area contributed by atoms with Crippen molar-refractivity contribution in [1.29, 1.82) is 0 Å². The van der Waals surface area contributed by atoms with Gasteiger partial charge < -0.3 is 4.74 Å². The minimum Gasteiger partial charge on any atom is -0.466 e. The fourth-order valence-electron chi connectivity index (χ4n) is 1.43. The Morgan fingerprint density at radius 3 is 2.88 bits per heavy atom. The van der Waals surface area contributed by atoms with E-state index in [-0.39, 0.29) is 5.97 Å². The standard InChI is InChI=1S/C12H20N2O2/c1-4-16-12(15)6-5-8-14-9-7-11(13-14)10(2)3/h7,9-10H,4-6,8H2,1-3H3. The molecule has 0 aromatic carbocycles. The highest BCUT2D eigenvalue weighted by atomic mass is 16.5. The lowest BCUT2D eigenvalue weighted by atomic mass is 10.1. The second kappa shape index (κ2) is 6.30. The number of aromatic nitrogens is 2. The number of ether oxygens (including phenoxy) is 1. The van der Waals surface area contributed by atoms with E-state index in [2.05, 4.69) is 18.9 Å². The molecule has 4 nitrogen and oxygen atoms in total. The molecule has 0 N–H and O–H groups in total. The highest BCUT2D eigenvalue weighted by Crippen LogP contribution is 2.10. The van der Waals surface area contributed by atoms with E-state index in [4.69, 9.17) is 4.74 Å². The smallest absolute Gasteiger partial charge is 0.305 e. The maximum absolute atomic E-state index is 11.1. The Morgan fingerprint density at radius 2 is 2.31 bits per heavy atom. The Kier molecular flexibility index (Phi) is 5.02. The monoisotopic (exact) mass is 224 g/mol. The molecule has 1 rings (SSSR count). The molecule has 0 unspecified atom stereocenters. The molecular formula is C12H20N2O2. The van der Waals surface area contributed by atoms with E-state index >= 15 is 0 Å². The zero-order valence-electron chi connectivity index (χ0n) is 10.3. The molecule has 1 aromatic rings. The van der Waals surface area contributed by atoms with E-state index in [9.17, 15) is 4.79 Å². The Morgan fingerprint density at radius 1 is 1.56 bits per heavy atom. The molecule has 0 spiro atoms. The summed E-state index contributed by atoms with van der Waals surface area (Å²) < 4.78 is 6.74. The van der Waals surface area contributed by atoms with E-state index in [1.807, 2.05) is 23.9 Å². The van der Waals surface area contributed by atoms with Gasteiger partial charge in [0.25, 0.3) is 0 Å². The van der Waals surface area contributed by atoms with Crippen molar-refractivity contribution in [2.24, 2.45) is 0 Å². The van der Waals surface area contributed by atoms with Crippen molar-refractivity contribution < 1.29 is 9.53 Å². The molecule has 0 saturated heterocycles. The van der Waals surface area contributed by atoms with Crippen LogP contribution in [0.1, 0.15) is 45.2 Å². The first-order chi connectivity index (χ1) is 7.63. The number of esters is 1. The van der Waals surface area contributed by atoms with E-state index in [0.717, 1.165) is 18.7 Å². The first-order valence-corrected chi connectivity index (χ1v) is 5.82. The molecule has 16 heavy (non-hydrogen) atoms. The third-order valence-electron chi connectivity index (χ3n) is 2.33. The Bertz CT molecular complexity index is 332. The lowest BCUT2D eigenvalue weighted by molar-refractivity contribution is -0.143. The summed E-state index contributed by atoms with van der Waals surface area (Å²) in [6.45, 7) is 7.28. The zero-order chi connectivity index (χ0) is 12.0. The number of nitrogens with zero attached hydrogens (tertiary/aromatic N) is 2. The van der Waals surface area contributed by atoms with Gasteiger partial charge in [0.2, 0.25) is 0 Å². The summed E-state index contributed by atoms with van der Waals surface area (Å²) in [6.07, 6.45) is 3.20. The van der Waals surface area contributed by atoms with Gasteiger partial charge in [0.05, 0.1) is 12.3 Å². The van der Waals surface area contributed by atoms with Crippen LogP contribution in [0.15, 0.2) is 12.3 Å². The summed E-state index contributed by atoms with van der Waals surface area (Å²) in [5.41, 5.74) is 1.09. The van der Waals surface area contributed by atoms with Gasteiger partial charge in [-0.2, -0.15) is 5.10 Å². The minimum absolute atomic E-state index is 0.126. The SMILES string of the molecule is CCOC(=O)CCCn1ccc(C(C)C)n1. The largest absolute Gasteiger partial charge is 0.466 e. The number of aryl methyl sites for hydroxylation is 1. The second-order valence-corrected chi connectivity index (χ2v) is 4.07. The van der Waals surface area contributed by atoms with Gasteiger partial charge in [-0.3, -0.25) is 9.48 Å². The number of rotatable bonds is 6. The van der Waals surface area contributed by atoms with Crippen LogP contribution < -0.4 is 0 Å². The molecule has 0 saturated carbocycles.